The van der Waals surface area contributed by atoms with Gasteiger partial charge in [0.1, 0.15) is 5.82 Å². The number of hydrogen-bond acceptors (Lipinski definition) is 1. The standard InChI is InChI=1S/C11H13F.CH2O3/c1-8-2-7-11(8)9-3-5-10(12)6-4-9;2-1(3)4/h3-6,8,11H,2,7H2,1H3;(H2,2,3,4). The van der Waals surface area contributed by atoms with E-state index in [0.29, 0.717) is 5.92 Å². The summed E-state index contributed by atoms with van der Waals surface area (Å²) in [5, 5.41) is 13.9. The number of rotatable bonds is 1. The number of carbonyl (C=O) groups is 1. The van der Waals surface area contributed by atoms with E-state index >= 15 is 0 Å². The normalized spacial score (nSPS) is 22.6. The molecule has 1 aromatic carbocycles. The van der Waals surface area contributed by atoms with E-state index in [1.165, 1.54) is 18.4 Å². The lowest BCUT2D eigenvalue weighted by Crippen LogP contribution is -2.20. The zero-order valence-electron chi connectivity index (χ0n) is 9.06. The van der Waals surface area contributed by atoms with E-state index in [9.17, 15) is 4.39 Å². The van der Waals surface area contributed by atoms with Crippen LogP contribution in [0, 0.1) is 11.7 Å². The van der Waals surface area contributed by atoms with Crippen molar-refractivity contribution in [3.8, 4) is 0 Å². The number of benzene rings is 1. The molecule has 1 aromatic rings. The van der Waals surface area contributed by atoms with E-state index in [1.54, 1.807) is 12.1 Å². The Hall–Kier alpha value is -1.58. The van der Waals surface area contributed by atoms with Crippen LogP contribution < -0.4 is 0 Å². The number of hydrogen-bond donors (Lipinski definition) is 2. The average molecular weight is 226 g/mol. The summed E-state index contributed by atoms with van der Waals surface area (Å²) < 4.78 is 12.6. The summed E-state index contributed by atoms with van der Waals surface area (Å²) in [6.45, 7) is 2.26. The van der Waals surface area contributed by atoms with E-state index in [4.69, 9.17) is 15.0 Å². The lowest BCUT2D eigenvalue weighted by atomic mass is 9.71. The predicted octanol–water partition coefficient (Wildman–Crippen LogP) is 3.56. The molecule has 2 unspecified atom stereocenters. The van der Waals surface area contributed by atoms with Gasteiger partial charge in [-0.1, -0.05) is 19.1 Å². The van der Waals surface area contributed by atoms with Crippen LogP contribution in [0.5, 0.6) is 0 Å². The summed E-state index contributed by atoms with van der Waals surface area (Å²) in [5.41, 5.74) is 1.30. The van der Waals surface area contributed by atoms with Gasteiger partial charge < -0.3 is 10.2 Å². The second kappa shape index (κ2) is 5.49. The van der Waals surface area contributed by atoms with E-state index in [-0.39, 0.29) is 5.82 Å². The van der Waals surface area contributed by atoms with Crippen LogP contribution in [0.4, 0.5) is 9.18 Å². The minimum absolute atomic E-state index is 0.134. The predicted molar refractivity (Wildman–Crippen MR) is 58.2 cm³/mol. The van der Waals surface area contributed by atoms with Crippen LogP contribution >= 0.6 is 0 Å². The summed E-state index contributed by atoms with van der Waals surface area (Å²) in [4.78, 5) is 8.56. The van der Waals surface area contributed by atoms with Gasteiger partial charge in [-0.05, 0) is 42.4 Å². The van der Waals surface area contributed by atoms with Crippen molar-refractivity contribution in [1.82, 2.24) is 0 Å². The van der Waals surface area contributed by atoms with Crippen molar-refractivity contribution < 1.29 is 19.4 Å². The lowest BCUT2D eigenvalue weighted by Gasteiger charge is -2.34. The summed E-state index contributed by atoms with van der Waals surface area (Å²) in [5.74, 6) is 1.34. The highest BCUT2D eigenvalue weighted by Crippen LogP contribution is 2.41. The van der Waals surface area contributed by atoms with Crippen LogP contribution in [0.1, 0.15) is 31.2 Å². The van der Waals surface area contributed by atoms with E-state index in [0.717, 1.165) is 5.92 Å². The molecule has 2 atom stereocenters. The van der Waals surface area contributed by atoms with Crippen molar-refractivity contribution in [2.24, 2.45) is 5.92 Å². The maximum absolute atomic E-state index is 12.6. The summed E-state index contributed by atoms with van der Waals surface area (Å²) in [6, 6.07) is 6.94. The molecule has 1 aliphatic carbocycles. The van der Waals surface area contributed by atoms with Gasteiger partial charge in [-0.3, -0.25) is 0 Å². The number of carboxylic acid groups (broad SMARTS) is 2. The highest BCUT2D eigenvalue weighted by molar-refractivity contribution is 5.53. The van der Waals surface area contributed by atoms with Crippen molar-refractivity contribution in [3.05, 3.63) is 35.6 Å². The Bertz CT molecular complexity index is 344. The van der Waals surface area contributed by atoms with E-state index in [1.807, 2.05) is 12.1 Å². The molecule has 1 aliphatic rings. The fourth-order valence-corrected chi connectivity index (χ4v) is 1.87. The molecule has 88 valence electrons. The van der Waals surface area contributed by atoms with Crippen LogP contribution in [0.3, 0.4) is 0 Å². The molecule has 0 amide bonds. The molecular weight excluding hydrogens is 211 g/mol. The largest absolute Gasteiger partial charge is 0.503 e. The summed E-state index contributed by atoms with van der Waals surface area (Å²) in [7, 11) is 0. The summed E-state index contributed by atoms with van der Waals surface area (Å²) >= 11 is 0. The van der Waals surface area contributed by atoms with Gasteiger partial charge in [-0.15, -0.1) is 0 Å². The Morgan fingerprint density at radius 2 is 1.75 bits per heavy atom. The molecule has 2 rings (SSSR count). The van der Waals surface area contributed by atoms with Crippen molar-refractivity contribution in [1.29, 1.82) is 0 Å². The second-order valence-corrected chi connectivity index (χ2v) is 4.00. The van der Waals surface area contributed by atoms with Gasteiger partial charge in [0.2, 0.25) is 0 Å². The minimum atomic E-state index is -1.83. The van der Waals surface area contributed by atoms with Gasteiger partial charge in [-0.2, -0.15) is 0 Å². The van der Waals surface area contributed by atoms with Crippen molar-refractivity contribution in [2.45, 2.75) is 25.7 Å². The average Bonchev–Trinajstić information content (AvgIpc) is 2.18. The van der Waals surface area contributed by atoms with Crippen molar-refractivity contribution >= 4 is 6.16 Å². The zero-order chi connectivity index (χ0) is 12.1. The molecule has 0 radical (unpaired) electrons. The zero-order valence-corrected chi connectivity index (χ0v) is 9.06. The quantitative estimate of drug-likeness (QED) is 0.769. The van der Waals surface area contributed by atoms with Gasteiger partial charge in [0.05, 0.1) is 0 Å². The van der Waals surface area contributed by atoms with Crippen LogP contribution in [0.15, 0.2) is 24.3 Å². The molecule has 1 saturated carbocycles. The monoisotopic (exact) mass is 226 g/mol. The molecule has 3 nitrogen and oxygen atoms in total. The molecular formula is C12H15FO3. The van der Waals surface area contributed by atoms with Gasteiger partial charge in [0.15, 0.2) is 0 Å². The fraction of sp³-hybridized carbons (Fsp3) is 0.417. The van der Waals surface area contributed by atoms with Gasteiger partial charge in [0.25, 0.3) is 0 Å². The smallest absolute Gasteiger partial charge is 0.450 e. The first-order valence-corrected chi connectivity index (χ1v) is 5.18. The molecule has 4 heteroatoms. The molecule has 0 aromatic heterocycles. The van der Waals surface area contributed by atoms with Crippen molar-refractivity contribution in [3.63, 3.8) is 0 Å². The Morgan fingerprint density at radius 1 is 1.25 bits per heavy atom. The maximum Gasteiger partial charge on any atom is 0.503 e. The number of halogens is 1. The van der Waals surface area contributed by atoms with Crippen LogP contribution in [-0.4, -0.2) is 16.4 Å². The van der Waals surface area contributed by atoms with Crippen LogP contribution in [0.2, 0.25) is 0 Å². The van der Waals surface area contributed by atoms with E-state index < -0.39 is 6.16 Å². The third-order valence-electron chi connectivity index (χ3n) is 2.92. The van der Waals surface area contributed by atoms with Crippen molar-refractivity contribution in [2.75, 3.05) is 0 Å². The lowest BCUT2D eigenvalue weighted by molar-refractivity contribution is 0.137. The molecule has 1 fully saturated rings. The topological polar surface area (TPSA) is 57.5 Å². The Balaban J connectivity index is 0.000000280. The Kier molecular flexibility index (Phi) is 4.28. The second-order valence-electron chi connectivity index (χ2n) is 4.00. The molecule has 16 heavy (non-hydrogen) atoms. The molecule has 0 saturated heterocycles. The maximum atomic E-state index is 12.6. The highest BCUT2D eigenvalue weighted by atomic mass is 19.1. The first-order valence-electron chi connectivity index (χ1n) is 5.18. The van der Waals surface area contributed by atoms with Crippen LogP contribution in [-0.2, 0) is 0 Å². The Labute approximate surface area is 93.5 Å². The molecule has 0 heterocycles. The van der Waals surface area contributed by atoms with Gasteiger partial charge in [0, 0.05) is 0 Å². The van der Waals surface area contributed by atoms with E-state index in [2.05, 4.69) is 6.92 Å². The molecule has 0 bridgehead atoms. The minimum Gasteiger partial charge on any atom is -0.450 e. The third kappa shape index (κ3) is 3.53. The van der Waals surface area contributed by atoms with Crippen LogP contribution in [0.25, 0.3) is 0 Å². The van der Waals surface area contributed by atoms with Gasteiger partial charge in [-0.25, -0.2) is 9.18 Å². The first kappa shape index (κ1) is 12.5. The Morgan fingerprint density at radius 3 is 2.06 bits per heavy atom. The summed E-state index contributed by atoms with van der Waals surface area (Å²) in [6.07, 6.45) is 0.759. The fourth-order valence-electron chi connectivity index (χ4n) is 1.87. The SMILES string of the molecule is CC1CCC1c1ccc(F)cc1.O=C(O)O. The highest BCUT2D eigenvalue weighted by Gasteiger charge is 2.27. The first-order chi connectivity index (χ1) is 7.50. The molecule has 0 spiro atoms. The van der Waals surface area contributed by atoms with Gasteiger partial charge >= 0.3 is 6.16 Å². The third-order valence-corrected chi connectivity index (χ3v) is 2.92. The molecule has 0 aliphatic heterocycles. The molecule has 2 N–H and O–H groups in total.